The minimum Gasteiger partial charge on any atom is -0.508 e. The maximum atomic E-state index is 12.3. The Morgan fingerprint density at radius 3 is 2.56 bits per heavy atom. The fourth-order valence-electron chi connectivity index (χ4n) is 2.16. The second-order valence-electron chi connectivity index (χ2n) is 4.55. The lowest BCUT2D eigenvalue weighted by Gasteiger charge is -2.30. The van der Waals surface area contributed by atoms with Gasteiger partial charge in [0.05, 0.1) is 4.90 Å². The highest BCUT2D eigenvalue weighted by atomic mass is 32.2. The molecule has 1 unspecified atom stereocenters. The standard InChI is InChI=1S/C12H17NO4S/c14-9-10-2-1-7-13(8-10)18(16,17)12-5-3-11(15)4-6-12/h3-6,10,14-15H,1-2,7-9H2. The molecule has 6 heteroatoms. The van der Waals surface area contributed by atoms with Gasteiger partial charge < -0.3 is 10.2 Å². The molecule has 18 heavy (non-hydrogen) atoms. The van der Waals surface area contributed by atoms with Crippen molar-refractivity contribution in [3.63, 3.8) is 0 Å². The van der Waals surface area contributed by atoms with E-state index >= 15 is 0 Å². The normalized spacial score (nSPS) is 21.9. The number of sulfonamides is 1. The van der Waals surface area contributed by atoms with Gasteiger partial charge >= 0.3 is 0 Å². The SMILES string of the molecule is O=S(=O)(c1ccc(O)cc1)N1CCCC(CO)C1. The number of piperidine rings is 1. The second-order valence-corrected chi connectivity index (χ2v) is 6.49. The average Bonchev–Trinajstić information content (AvgIpc) is 2.39. The largest absolute Gasteiger partial charge is 0.508 e. The van der Waals surface area contributed by atoms with Crippen molar-refractivity contribution < 1.29 is 18.6 Å². The molecule has 0 bridgehead atoms. The van der Waals surface area contributed by atoms with Crippen molar-refractivity contribution in [2.45, 2.75) is 17.7 Å². The molecule has 0 aromatic heterocycles. The van der Waals surface area contributed by atoms with Gasteiger partial charge in [0.15, 0.2) is 0 Å². The van der Waals surface area contributed by atoms with Gasteiger partial charge in [-0.15, -0.1) is 0 Å². The molecule has 0 saturated carbocycles. The van der Waals surface area contributed by atoms with Crippen LogP contribution in [0.3, 0.4) is 0 Å². The summed E-state index contributed by atoms with van der Waals surface area (Å²) in [7, 11) is -3.51. The molecule has 100 valence electrons. The molecule has 5 nitrogen and oxygen atoms in total. The van der Waals surface area contributed by atoms with Crippen molar-refractivity contribution in [1.82, 2.24) is 4.31 Å². The lowest BCUT2D eigenvalue weighted by atomic mass is 10.0. The number of nitrogens with zero attached hydrogens (tertiary/aromatic N) is 1. The van der Waals surface area contributed by atoms with Crippen molar-refractivity contribution in [2.24, 2.45) is 5.92 Å². The quantitative estimate of drug-likeness (QED) is 0.852. The lowest BCUT2D eigenvalue weighted by molar-refractivity contribution is 0.165. The zero-order valence-corrected chi connectivity index (χ0v) is 10.8. The number of hydrogen-bond acceptors (Lipinski definition) is 4. The first kappa shape index (κ1) is 13.3. The Labute approximate surface area is 107 Å². The van der Waals surface area contributed by atoms with Crippen molar-refractivity contribution in [3.05, 3.63) is 24.3 Å². The van der Waals surface area contributed by atoms with E-state index in [4.69, 9.17) is 5.11 Å². The van der Waals surface area contributed by atoms with Crippen molar-refractivity contribution in [1.29, 1.82) is 0 Å². The number of hydrogen-bond donors (Lipinski definition) is 2. The molecule has 1 aliphatic heterocycles. The van der Waals surface area contributed by atoms with Crippen LogP contribution in [-0.4, -0.2) is 42.6 Å². The Balaban J connectivity index is 2.22. The van der Waals surface area contributed by atoms with Crippen LogP contribution in [0.1, 0.15) is 12.8 Å². The fraction of sp³-hybridized carbons (Fsp3) is 0.500. The minimum atomic E-state index is -3.51. The van der Waals surface area contributed by atoms with E-state index in [1.807, 2.05) is 0 Å². The Morgan fingerprint density at radius 2 is 1.94 bits per heavy atom. The first-order chi connectivity index (χ1) is 8.54. The number of rotatable bonds is 3. The molecule has 0 aliphatic carbocycles. The number of benzene rings is 1. The third-order valence-electron chi connectivity index (χ3n) is 3.21. The molecule has 1 aliphatic rings. The number of phenols is 1. The van der Waals surface area contributed by atoms with E-state index in [2.05, 4.69) is 0 Å². The highest BCUT2D eigenvalue weighted by molar-refractivity contribution is 7.89. The average molecular weight is 271 g/mol. The number of aliphatic hydroxyl groups is 1. The molecule has 0 spiro atoms. The van der Waals surface area contributed by atoms with Crippen molar-refractivity contribution in [2.75, 3.05) is 19.7 Å². The Bertz CT molecular complexity index is 497. The maximum absolute atomic E-state index is 12.3. The molecular formula is C12H17NO4S. The van der Waals surface area contributed by atoms with Gasteiger partial charge in [-0.3, -0.25) is 0 Å². The topological polar surface area (TPSA) is 77.8 Å². The predicted molar refractivity (Wildman–Crippen MR) is 66.7 cm³/mol. The third kappa shape index (κ3) is 2.66. The summed E-state index contributed by atoms with van der Waals surface area (Å²) < 4.78 is 26.1. The van der Waals surface area contributed by atoms with Crippen LogP contribution in [-0.2, 0) is 10.0 Å². The molecule has 1 fully saturated rings. The van der Waals surface area contributed by atoms with E-state index in [-0.39, 0.29) is 23.2 Å². The summed E-state index contributed by atoms with van der Waals surface area (Å²) in [4.78, 5) is 0.180. The van der Waals surface area contributed by atoms with Crippen LogP contribution in [0, 0.1) is 5.92 Å². The summed E-state index contributed by atoms with van der Waals surface area (Å²) in [6.45, 7) is 0.862. The summed E-state index contributed by atoms with van der Waals surface area (Å²) in [6, 6.07) is 5.52. The van der Waals surface area contributed by atoms with Gasteiger partial charge in [0.25, 0.3) is 0 Å². The van der Waals surface area contributed by atoms with Crippen LogP contribution < -0.4 is 0 Å². The molecule has 1 saturated heterocycles. The molecule has 0 amide bonds. The predicted octanol–water partition coefficient (Wildman–Crippen LogP) is 0.785. The van der Waals surface area contributed by atoms with Gasteiger partial charge in [0.2, 0.25) is 10.0 Å². The number of phenolic OH excluding ortho intramolecular Hbond substituents is 1. The number of aromatic hydroxyl groups is 1. The van der Waals surface area contributed by atoms with Crippen LogP contribution in [0.15, 0.2) is 29.2 Å². The van der Waals surface area contributed by atoms with Crippen LogP contribution >= 0.6 is 0 Å². The van der Waals surface area contributed by atoms with Gasteiger partial charge in [0, 0.05) is 19.7 Å². The van der Waals surface area contributed by atoms with Crippen LogP contribution in [0.25, 0.3) is 0 Å². The molecule has 1 atom stereocenters. The smallest absolute Gasteiger partial charge is 0.243 e. The lowest BCUT2D eigenvalue weighted by Crippen LogP contribution is -2.40. The Hall–Kier alpha value is -1.11. The van der Waals surface area contributed by atoms with Crippen molar-refractivity contribution in [3.8, 4) is 5.75 Å². The highest BCUT2D eigenvalue weighted by Gasteiger charge is 2.29. The summed E-state index contributed by atoms with van der Waals surface area (Å²) in [5.41, 5.74) is 0. The zero-order chi connectivity index (χ0) is 13.2. The van der Waals surface area contributed by atoms with E-state index in [0.29, 0.717) is 13.1 Å². The van der Waals surface area contributed by atoms with Gasteiger partial charge in [-0.25, -0.2) is 8.42 Å². The van der Waals surface area contributed by atoms with Crippen LogP contribution in [0.4, 0.5) is 0 Å². The van der Waals surface area contributed by atoms with E-state index < -0.39 is 10.0 Å². The van der Waals surface area contributed by atoms with Gasteiger partial charge in [0.1, 0.15) is 5.75 Å². The molecule has 2 N–H and O–H groups in total. The van der Waals surface area contributed by atoms with E-state index in [1.54, 1.807) is 0 Å². The van der Waals surface area contributed by atoms with Gasteiger partial charge in [-0.1, -0.05) is 0 Å². The van der Waals surface area contributed by atoms with Crippen LogP contribution in [0.2, 0.25) is 0 Å². The van der Waals surface area contributed by atoms with E-state index in [1.165, 1.54) is 28.6 Å². The Morgan fingerprint density at radius 1 is 1.28 bits per heavy atom. The third-order valence-corrected chi connectivity index (χ3v) is 5.09. The summed E-state index contributed by atoms with van der Waals surface area (Å²) in [6.07, 6.45) is 1.63. The molecule has 0 radical (unpaired) electrons. The van der Waals surface area contributed by atoms with Gasteiger partial charge in [-0.05, 0) is 43.0 Å². The van der Waals surface area contributed by atoms with E-state index in [0.717, 1.165) is 12.8 Å². The Kier molecular flexibility index (Phi) is 3.89. The minimum absolute atomic E-state index is 0.0155. The summed E-state index contributed by atoms with van der Waals surface area (Å²) in [5.74, 6) is 0.0615. The molecular weight excluding hydrogens is 254 g/mol. The zero-order valence-electron chi connectivity index (χ0n) is 9.99. The number of aliphatic hydroxyl groups excluding tert-OH is 1. The molecule has 1 aromatic rings. The molecule has 1 aromatic carbocycles. The van der Waals surface area contributed by atoms with Gasteiger partial charge in [-0.2, -0.15) is 4.31 Å². The molecule has 2 rings (SSSR count). The highest BCUT2D eigenvalue weighted by Crippen LogP contribution is 2.24. The summed E-state index contributed by atoms with van der Waals surface area (Å²) >= 11 is 0. The fourth-order valence-corrected chi connectivity index (χ4v) is 3.72. The van der Waals surface area contributed by atoms with Crippen molar-refractivity contribution >= 4 is 10.0 Å². The van der Waals surface area contributed by atoms with E-state index in [9.17, 15) is 13.5 Å². The second kappa shape index (κ2) is 5.26. The van der Waals surface area contributed by atoms with Crippen LogP contribution in [0.5, 0.6) is 5.75 Å². The summed E-state index contributed by atoms with van der Waals surface area (Å²) in [5, 5.41) is 18.3. The first-order valence-corrected chi connectivity index (χ1v) is 7.38. The maximum Gasteiger partial charge on any atom is 0.243 e. The molecule has 1 heterocycles. The monoisotopic (exact) mass is 271 g/mol. The first-order valence-electron chi connectivity index (χ1n) is 5.94.